The second kappa shape index (κ2) is 8.13. The summed E-state index contributed by atoms with van der Waals surface area (Å²) in [6.07, 6.45) is 0.435. The number of aromatic nitrogens is 1. The number of amides is 3. The Morgan fingerprint density at radius 1 is 0.971 bits per heavy atom. The third-order valence-electron chi connectivity index (χ3n) is 6.80. The van der Waals surface area contributed by atoms with Gasteiger partial charge in [0.05, 0.1) is 17.9 Å². The first kappa shape index (κ1) is 21.2. The molecule has 1 saturated heterocycles. The summed E-state index contributed by atoms with van der Waals surface area (Å²) in [5, 5.41) is 1.07. The summed E-state index contributed by atoms with van der Waals surface area (Å²) < 4.78 is 5.04. The van der Waals surface area contributed by atoms with E-state index in [1.807, 2.05) is 48.5 Å². The summed E-state index contributed by atoms with van der Waals surface area (Å²) in [6.45, 7) is 2.02. The van der Waals surface area contributed by atoms with E-state index < -0.39 is 18.1 Å². The van der Waals surface area contributed by atoms with E-state index in [1.165, 1.54) is 4.90 Å². The summed E-state index contributed by atoms with van der Waals surface area (Å²) in [7, 11) is 0. The Kier molecular flexibility index (Phi) is 4.91. The molecule has 1 unspecified atom stereocenters. The predicted molar refractivity (Wildman–Crippen MR) is 131 cm³/mol. The van der Waals surface area contributed by atoms with E-state index in [2.05, 4.69) is 11.1 Å². The number of nitrogens with one attached hydrogen (secondary N) is 1. The molecule has 0 bridgehead atoms. The smallest absolute Gasteiger partial charge is 0.338 e. The molecule has 3 aromatic carbocycles. The molecular weight excluding hydrogens is 442 g/mol. The summed E-state index contributed by atoms with van der Waals surface area (Å²) in [6, 6.07) is 22.8. The molecule has 2 aliphatic rings. The molecule has 35 heavy (non-hydrogen) atoms. The fraction of sp³-hybridized carbons (Fsp3) is 0.179. The molecule has 6 rings (SSSR count). The zero-order valence-electron chi connectivity index (χ0n) is 19.1. The van der Waals surface area contributed by atoms with Crippen LogP contribution in [-0.2, 0) is 16.0 Å². The fourth-order valence-electron chi connectivity index (χ4n) is 5.26. The average molecular weight is 466 g/mol. The van der Waals surface area contributed by atoms with Crippen LogP contribution in [0.1, 0.15) is 40.1 Å². The Balaban J connectivity index is 1.44. The molecule has 7 heteroatoms. The highest BCUT2D eigenvalue weighted by Gasteiger charge is 2.53. The Labute approximate surface area is 201 Å². The molecule has 174 valence electrons. The van der Waals surface area contributed by atoms with Gasteiger partial charge in [-0.05, 0) is 48.4 Å². The molecule has 0 saturated carbocycles. The first-order valence-corrected chi connectivity index (χ1v) is 11.7. The topological polar surface area (TPSA) is 82.7 Å². The summed E-state index contributed by atoms with van der Waals surface area (Å²) in [5.74, 6) is -0.708. The molecule has 0 radical (unpaired) electrons. The molecule has 7 nitrogen and oxygen atoms in total. The van der Waals surface area contributed by atoms with Crippen LogP contribution in [0.2, 0.25) is 0 Å². The number of H-pyrrole nitrogens is 1. The number of esters is 1. The number of ether oxygens (including phenoxy) is 1. The van der Waals surface area contributed by atoms with Crippen molar-refractivity contribution in [2.24, 2.45) is 0 Å². The molecule has 1 aromatic heterocycles. The standard InChI is InChI=1S/C28H23N3O4/c1-2-35-27(33)18-12-14-19(15-13-18)30-26(32)23-16-21-20-10-6-7-11-22(20)29-24(21)25(31(23)28(30)34)17-8-4-3-5-9-17/h3-15,23,25,29H,2,16H2,1H3/t23-,25?/m0/s1. The van der Waals surface area contributed by atoms with Gasteiger partial charge < -0.3 is 9.72 Å². The maximum Gasteiger partial charge on any atom is 0.338 e. The molecule has 4 aromatic rings. The van der Waals surface area contributed by atoms with Gasteiger partial charge in [0, 0.05) is 23.0 Å². The number of nitrogens with zero attached hydrogens (tertiary/aromatic N) is 2. The van der Waals surface area contributed by atoms with Crippen molar-refractivity contribution in [2.75, 3.05) is 11.5 Å². The number of aromatic amines is 1. The fourth-order valence-corrected chi connectivity index (χ4v) is 5.26. The number of hydrogen-bond donors (Lipinski definition) is 1. The van der Waals surface area contributed by atoms with Crippen LogP contribution in [0.3, 0.4) is 0 Å². The van der Waals surface area contributed by atoms with Gasteiger partial charge in [0.2, 0.25) is 0 Å². The lowest BCUT2D eigenvalue weighted by Gasteiger charge is -2.36. The number of benzene rings is 3. The number of imide groups is 1. The lowest BCUT2D eigenvalue weighted by Crippen LogP contribution is -2.44. The quantitative estimate of drug-likeness (QED) is 0.346. The van der Waals surface area contributed by atoms with Crippen LogP contribution in [0.25, 0.3) is 10.9 Å². The van der Waals surface area contributed by atoms with Gasteiger partial charge in [0.15, 0.2) is 0 Å². The zero-order chi connectivity index (χ0) is 24.1. The van der Waals surface area contributed by atoms with Crippen molar-refractivity contribution >= 4 is 34.5 Å². The SMILES string of the molecule is CCOC(=O)c1ccc(N2C(=O)[C@@H]3Cc4c([nH]c5ccccc45)C(c4ccccc4)N3C2=O)cc1. The third-order valence-corrected chi connectivity index (χ3v) is 6.80. The van der Waals surface area contributed by atoms with Gasteiger partial charge in [-0.25, -0.2) is 14.5 Å². The van der Waals surface area contributed by atoms with Crippen molar-refractivity contribution in [1.82, 2.24) is 9.88 Å². The minimum Gasteiger partial charge on any atom is -0.462 e. The van der Waals surface area contributed by atoms with Crippen molar-refractivity contribution in [3.63, 3.8) is 0 Å². The van der Waals surface area contributed by atoms with Crippen LogP contribution in [0.4, 0.5) is 10.5 Å². The van der Waals surface area contributed by atoms with E-state index in [0.29, 0.717) is 17.7 Å². The van der Waals surface area contributed by atoms with Crippen molar-refractivity contribution in [3.8, 4) is 0 Å². The minimum atomic E-state index is -0.621. The number of para-hydroxylation sites is 1. The average Bonchev–Trinajstić information content (AvgIpc) is 3.38. The molecular formula is C28H23N3O4. The molecule has 1 N–H and O–H groups in total. The maximum atomic E-state index is 13.8. The lowest BCUT2D eigenvalue weighted by atomic mass is 9.89. The molecule has 2 aliphatic heterocycles. The number of carbonyl (C=O) groups is 3. The zero-order valence-corrected chi connectivity index (χ0v) is 19.1. The molecule has 1 fully saturated rings. The molecule has 3 heterocycles. The van der Waals surface area contributed by atoms with E-state index >= 15 is 0 Å². The second-order valence-electron chi connectivity index (χ2n) is 8.73. The van der Waals surface area contributed by atoms with Gasteiger partial charge in [0.1, 0.15) is 12.1 Å². The van der Waals surface area contributed by atoms with Gasteiger partial charge in [-0.15, -0.1) is 0 Å². The van der Waals surface area contributed by atoms with E-state index in [-0.39, 0.29) is 18.5 Å². The molecule has 3 amide bonds. The van der Waals surface area contributed by atoms with Gasteiger partial charge in [0.25, 0.3) is 5.91 Å². The van der Waals surface area contributed by atoms with Crippen LogP contribution in [0, 0.1) is 0 Å². The van der Waals surface area contributed by atoms with E-state index in [0.717, 1.165) is 27.7 Å². The van der Waals surface area contributed by atoms with Crippen LogP contribution < -0.4 is 4.90 Å². The van der Waals surface area contributed by atoms with Crippen molar-refractivity contribution < 1.29 is 19.1 Å². The van der Waals surface area contributed by atoms with Gasteiger partial charge in [-0.3, -0.25) is 9.69 Å². The van der Waals surface area contributed by atoms with E-state index in [1.54, 1.807) is 36.1 Å². The summed E-state index contributed by atoms with van der Waals surface area (Å²) in [4.78, 5) is 46.0. The van der Waals surface area contributed by atoms with Crippen molar-refractivity contribution in [2.45, 2.75) is 25.4 Å². The largest absolute Gasteiger partial charge is 0.462 e. The molecule has 2 atom stereocenters. The first-order valence-electron chi connectivity index (χ1n) is 11.7. The van der Waals surface area contributed by atoms with E-state index in [4.69, 9.17) is 4.74 Å². The van der Waals surface area contributed by atoms with Crippen LogP contribution in [0.5, 0.6) is 0 Å². The Bertz CT molecular complexity index is 1460. The minimum absolute atomic E-state index is 0.268. The second-order valence-corrected chi connectivity index (χ2v) is 8.73. The van der Waals surface area contributed by atoms with Gasteiger partial charge in [-0.1, -0.05) is 48.5 Å². The summed E-state index contributed by atoms with van der Waals surface area (Å²) >= 11 is 0. The maximum absolute atomic E-state index is 13.8. The number of urea groups is 1. The number of anilines is 1. The number of fused-ring (bicyclic) bond motifs is 4. The monoisotopic (exact) mass is 465 g/mol. The van der Waals surface area contributed by atoms with Crippen LogP contribution in [0.15, 0.2) is 78.9 Å². The lowest BCUT2D eigenvalue weighted by molar-refractivity contribution is -0.120. The highest BCUT2D eigenvalue weighted by atomic mass is 16.5. The Morgan fingerprint density at radius 3 is 2.43 bits per heavy atom. The molecule has 0 spiro atoms. The number of hydrogen-bond acceptors (Lipinski definition) is 4. The Hall–Kier alpha value is -4.39. The molecule has 0 aliphatic carbocycles. The van der Waals surface area contributed by atoms with Crippen molar-refractivity contribution in [3.05, 3.63) is 101 Å². The number of rotatable bonds is 4. The number of carbonyl (C=O) groups excluding carboxylic acids is 3. The van der Waals surface area contributed by atoms with Gasteiger partial charge in [-0.2, -0.15) is 0 Å². The third kappa shape index (κ3) is 3.23. The van der Waals surface area contributed by atoms with Crippen LogP contribution in [-0.4, -0.2) is 40.4 Å². The van der Waals surface area contributed by atoms with Gasteiger partial charge >= 0.3 is 12.0 Å². The summed E-state index contributed by atoms with van der Waals surface area (Å²) in [5.41, 5.74) is 4.74. The van der Waals surface area contributed by atoms with E-state index in [9.17, 15) is 14.4 Å². The highest BCUT2D eigenvalue weighted by molar-refractivity contribution is 6.22. The Morgan fingerprint density at radius 2 is 1.69 bits per heavy atom. The normalized spacial score (nSPS) is 19.1. The predicted octanol–water partition coefficient (Wildman–Crippen LogP) is 4.83. The van der Waals surface area contributed by atoms with Crippen LogP contribution >= 0.6 is 0 Å². The first-order chi connectivity index (χ1) is 17.1. The van der Waals surface area contributed by atoms with Crippen molar-refractivity contribution in [1.29, 1.82) is 0 Å². The highest BCUT2D eigenvalue weighted by Crippen LogP contribution is 2.44.